The molecule has 1 aromatic rings. The minimum atomic E-state index is -0.105. The Labute approximate surface area is 58.3 Å². The molecule has 0 bridgehead atoms. The van der Waals surface area contributed by atoms with Crippen LogP contribution >= 0.6 is 0 Å². The molecule has 0 saturated carbocycles. The summed E-state index contributed by atoms with van der Waals surface area (Å²) in [6, 6.07) is 6.02. The normalized spacial score (nSPS) is 8.80. The van der Waals surface area contributed by atoms with E-state index in [1.54, 1.807) is 12.1 Å². The minimum absolute atomic E-state index is 0.105. The van der Waals surface area contributed by atoms with Crippen LogP contribution in [0.15, 0.2) is 24.3 Å². The van der Waals surface area contributed by atoms with Crippen molar-refractivity contribution in [1.82, 2.24) is 0 Å². The van der Waals surface area contributed by atoms with Crippen LogP contribution in [-0.2, 0) is 4.79 Å². The molecule has 52 valence electrons. The molecule has 0 atom stereocenters. The molecule has 1 amide bonds. The van der Waals surface area contributed by atoms with Crippen molar-refractivity contribution in [1.29, 1.82) is 0 Å². The first kappa shape index (κ1) is 6.61. The summed E-state index contributed by atoms with van der Waals surface area (Å²) in [5.41, 5.74) is 0.530. The molecule has 1 rings (SSSR count). The lowest BCUT2D eigenvalue weighted by molar-refractivity contribution is -0.268. The lowest BCUT2D eigenvalue weighted by Crippen LogP contribution is -1.95. The van der Waals surface area contributed by atoms with Gasteiger partial charge in [-0.3, -0.25) is 4.79 Å². The number of hydrogen-bond donors (Lipinski definition) is 1. The van der Waals surface area contributed by atoms with Crippen LogP contribution in [0.2, 0.25) is 0 Å². The predicted octanol–water partition coefficient (Wildman–Crippen LogP) is 0.328. The molecule has 0 heterocycles. The summed E-state index contributed by atoms with van der Waals surface area (Å²) in [6.07, 6.45) is 0.536. The summed E-state index contributed by atoms with van der Waals surface area (Å²) >= 11 is 0. The Morgan fingerprint density at radius 3 is 2.90 bits per heavy atom. The van der Waals surface area contributed by atoms with Crippen LogP contribution in [0.3, 0.4) is 0 Å². The molecule has 0 radical (unpaired) electrons. The van der Waals surface area contributed by atoms with Crippen LogP contribution in [-0.4, -0.2) is 6.41 Å². The molecule has 0 fully saturated rings. The topological polar surface area (TPSA) is 52.2 Å². The predicted molar refractivity (Wildman–Crippen MR) is 35.6 cm³/mol. The summed E-state index contributed by atoms with van der Waals surface area (Å²) in [4.78, 5) is 9.87. The number of rotatable bonds is 2. The maximum Gasteiger partial charge on any atom is 0.211 e. The van der Waals surface area contributed by atoms with Crippen LogP contribution in [0.25, 0.3) is 0 Å². The van der Waals surface area contributed by atoms with E-state index in [0.29, 0.717) is 12.1 Å². The van der Waals surface area contributed by atoms with Gasteiger partial charge in [-0.1, -0.05) is 12.1 Å². The maximum absolute atomic E-state index is 10.6. The van der Waals surface area contributed by atoms with Gasteiger partial charge in [0.05, 0.1) is 0 Å². The smallest absolute Gasteiger partial charge is 0.211 e. The molecule has 0 aliphatic rings. The van der Waals surface area contributed by atoms with Gasteiger partial charge in [-0.15, -0.1) is 5.75 Å². The van der Waals surface area contributed by atoms with Crippen LogP contribution < -0.4 is 10.4 Å². The first-order chi connectivity index (χ1) is 4.83. The Balaban J connectivity index is 2.84. The van der Waals surface area contributed by atoms with Gasteiger partial charge in [0.25, 0.3) is 0 Å². The molecular formula is C7H6NO2-. The molecule has 0 aromatic heterocycles. The molecule has 3 nitrogen and oxygen atoms in total. The summed E-state index contributed by atoms with van der Waals surface area (Å²) in [6.45, 7) is 0. The third kappa shape index (κ3) is 1.48. The number of hydrogen-bond acceptors (Lipinski definition) is 2. The summed E-state index contributed by atoms with van der Waals surface area (Å²) in [5.74, 6) is -0.105. The second kappa shape index (κ2) is 2.87. The van der Waals surface area contributed by atoms with Crippen LogP contribution in [0.1, 0.15) is 0 Å². The number of benzene rings is 1. The Morgan fingerprint density at radius 1 is 1.50 bits per heavy atom. The Kier molecular flexibility index (Phi) is 1.89. The number of nitrogens with one attached hydrogen (secondary N) is 1. The van der Waals surface area contributed by atoms with E-state index in [9.17, 15) is 9.90 Å². The highest BCUT2D eigenvalue weighted by atomic mass is 16.3. The standard InChI is InChI=1S/C7H7NO2/c9-5-8-6-2-1-3-7(10)4-6/h1-5,10H,(H,8,9)/p-1. The fraction of sp³-hybridized carbons (Fsp3) is 0. The van der Waals surface area contributed by atoms with Crippen molar-refractivity contribution in [2.45, 2.75) is 0 Å². The lowest BCUT2D eigenvalue weighted by Gasteiger charge is -2.05. The molecule has 0 aliphatic carbocycles. The van der Waals surface area contributed by atoms with Gasteiger partial charge in [-0.25, -0.2) is 0 Å². The monoisotopic (exact) mass is 136 g/mol. The molecule has 0 unspecified atom stereocenters. The highest BCUT2D eigenvalue weighted by Crippen LogP contribution is 2.11. The largest absolute Gasteiger partial charge is 0.872 e. The lowest BCUT2D eigenvalue weighted by atomic mass is 10.3. The van der Waals surface area contributed by atoms with Gasteiger partial charge in [0.2, 0.25) is 6.41 Å². The van der Waals surface area contributed by atoms with E-state index in [1.165, 1.54) is 12.1 Å². The highest BCUT2D eigenvalue weighted by molar-refractivity contribution is 5.71. The van der Waals surface area contributed by atoms with E-state index in [0.717, 1.165) is 0 Å². The van der Waals surface area contributed by atoms with E-state index >= 15 is 0 Å². The maximum atomic E-state index is 10.6. The highest BCUT2D eigenvalue weighted by Gasteiger charge is 1.84. The van der Waals surface area contributed by atoms with Gasteiger partial charge < -0.3 is 10.4 Å². The van der Waals surface area contributed by atoms with Crippen molar-refractivity contribution < 1.29 is 9.90 Å². The molecule has 0 saturated heterocycles. The molecule has 10 heavy (non-hydrogen) atoms. The van der Waals surface area contributed by atoms with E-state index in [2.05, 4.69) is 5.32 Å². The Bertz CT molecular complexity index is 235. The van der Waals surface area contributed by atoms with Crippen molar-refractivity contribution in [2.24, 2.45) is 0 Å². The molecule has 1 aromatic carbocycles. The van der Waals surface area contributed by atoms with E-state index in [4.69, 9.17) is 0 Å². The summed E-state index contributed by atoms with van der Waals surface area (Å²) in [7, 11) is 0. The van der Waals surface area contributed by atoms with Crippen LogP contribution in [0.4, 0.5) is 5.69 Å². The van der Waals surface area contributed by atoms with Gasteiger partial charge in [0.15, 0.2) is 0 Å². The minimum Gasteiger partial charge on any atom is -0.872 e. The van der Waals surface area contributed by atoms with Crippen molar-refractivity contribution in [3.8, 4) is 5.75 Å². The molecule has 3 heteroatoms. The average molecular weight is 136 g/mol. The van der Waals surface area contributed by atoms with Crippen LogP contribution in [0.5, 0.6) is 5.75 Å². The Morgan fingerprint density at radius 2 is 2.30 bits per heavy atom. The van der Waals surface area contributed by atoms with E-state index < -0.39 is 0 Å². The number of carbonyl (C=O) groups excluding carboxylic acids is 1. The first-order valence-electron chi connectivity index (χ1n) is 2.80. The average Bonchev–Trinajstić information content (AvgIpc) is 1.88. The second-order valence-corrected chi connectivity index (χ2v) is 1.79. The summed E-state index contributed by atoms with van der Waals surface area (Å²) in [5, 5.41) is 13.0. The van der Waals surface area contributed by atoms with Gasteiger partial charge in [0.1, 0.15) is 0 Å². The number of anilines is 1. The SMILES string of the molecule is O=CNc1cccc([O-])c1. The Hall–Kier alpha value is -1.51. The van der Waals surface area contributed by atoms with Crippen molar-refractivity contribution in [3.63, 3.8) is 0 Å². The third-order valence-electron chi connectivity index (χ3n) is 1.06. The number of amides is 1. The first-order valence-corrected chi connectivity index (χ1v) is 2.80. The van der Waals surface area contributed by atoms with Gasteiger partial charge >= 0.3 is 0 Å². The summed E-state index contributed by atoms with van der Waals surface area (Å²) < 4.78 is 0. The zero-order chi connectivity index (χ0) is 7.40. The zero-order valence-corrected chi connectivity index (χ0v) is 5.20. The fourth-order valence-corrected chi connectivity index (χ4v) is 0.654. The van der Waals surface area contributed by atoms with E-state index in [-0.39, 0.29) is 5.75 Å². The zero-order valence-electron chi connectivity index (χ0n) is 5.20. The third-order valence-corrected chi connectivity index (χ3v) is 1.06. The van der Waals surface area contributed by atoms with Gasteiger partial charge in [0, 0.05) is 5.69 Å². The van der Waals surface area contributed by atoms with Gasteiger partial charge in [-0.05, 0) is 12.1 Å². The number of carbonyl (C=O) groups is 1. The second-order valence-electron chi connectivity index (χ2n) is 1.79. The van der Waals surface area contributed by atoms with Crippen molar-refractivity contribution in [3.05, 3.63) is 24.3 Å². The van der Waals surface area contributed by atoms with E-state index in [1.807, 2.05) is 0 Å². The molecule has 1 N–H and O–H groups in total. The van der Waals surface area contributed by atoms with Crippen molar-refractivity contribution in [2.75, 3.05) is 5.32 Å². The molecule has 0 aliphatic heterocycles. The van der Waals surface area contributed by atoms with Crippen LogP contribution in [0, 0.1) is 0 Å². The van der Waals surface area contributed by atoms with Gasteiger partial charge in [-0.2, -0.15) is 0 Å². The van der Waals surface area contributed by atoms with Crippen molar-refractivity contribution >= 4 is 12.1 Å². The molecule has 0 spiro atoms. The molecular weight excluding hydrogens is 130 g/mol. The fourth-order valence-electron chi connectivity index (χ4n) is 0.654. The quantitative estimate of drug-likeness (QED) is 0.595.